The second kappa shape index (κ2) is 9.51. The molecule has 0 spiro atoms. The minimum atomic E-state index is -4.12. The van der Waals surface area contributed by atoms with Crippen LogP contribution < -0.4 is 9.62 Å². The third-order valence-electron chi connectivity index (χ3n) is 6.60. The fourth-order valence-corrected chi connectivity index (χ4v) is 6.46. The van der Waals surface area contributed by atoms with E-state index in [0.717, 1.165) is 0 Å². The average Bonchev–Trinajstić information content (AvgIpc) is 3.26. The number of pyridine rings is 1. The fourth-order valence-electron chi connectivity index (χ4n) is 4.30. The summed E-state index contributed by atoms with van der Waals surface area (Å²) in [4.78, 5) is 20.5. The van der Waals surface area contributed by atoms with E-state index in [-0.39, 0.29) is 21.7 Å². The first-order chi connectivity index (χ1) is 17.5. The number of sulfonamides is 1. The molecule has 2 aliphatic rings. The van der Waals surface area contributed by atoms with Crippen molar-refractivity contribution < 1.29 is 26.4 Å². The van der Waals surface area contributed by atoms with Gasteiger partial charge in [0.25, 0.3) is 6.43 Å². The molecule has 0 aromatic carbocycles. The van der Waals surface area contributed by atoms with Gasteiger partial charge < -0.3 is 9.80 Å². The summed E-state index contributed by atoms with van der Waals surface area (Å²) in [6.45, 7) is 4.64. The number of piperazine rings is 1. The Morgan fingerprint density at radius 3 is 2.46 bits per heavy atom. The number of imidazole rings is 1. The molecule has 1 amide bonds. The lowest BCUT2D eigenvalue weighted by Crippen LogP contribution is -2.50. The fraction of sp³-hybridized carbons (Fsp3) is 0.545. The van der Waals surface area contributed by atoms with Crippen LogP contribution in [0.5, 0.6) is 0 Å². The molecule has 1 saturated carbocycles. The third-order valence-corrected chi connectivity index (χ3v) is 9.10. The van der Waals surface area contributed by atoms with Crippen LogP contribution in [0.25, 0.3) is 16.3 Å². The van der Waals surface area contributed by atoms with Gasteiger partial charge in [-0.25, -0.2) is 31.3 Å². The number of rotatable bonds is 8. The number of carbonyl (C=O) groups excluding carboxylic acids is 1. The summed E-state index contributed by atoms with van der Waals surface area (Å²) in [7, 11) is -4.12. The summed E-state index contributed by atoms with van der Waals surface area (Å²) in [6.07, 6.45) is 0.782. The van der Waals surface area contributed by atoms with Crippen molar-refractivity contribution in [2.24, 2.45) is 5.92 Å². The van der Waals surface area contributed by atoms with Crippen molar-refractivity contribution in [2.75, 3.05) is 37.8 Å². The zero-order chi connectivity index (χ0) is 26.5. The van der Waals surface area contributed by atoms with E-state index in [9.17, 15) is 26.4 Å². The van der Waals surface area contributed by atoms with Crippen LogP contribution >= 0.6 is 11.3 Å². The highest BCUT2D eigenvalue weighted by Gasteiger charge is 2.46. The van der Waals surface area contributed by atoms with E-state index in [1.807, 2.05) is 18.7 Å². The molecule has 10 nitrogen and oxygen atoms in total. The van der Waals surface area contributed by atoms with Crippen LogP contribution in [0.3, 0.4) is 0 Å². The molecule has 0 atom stereocenters. The lowest BCUT2D eigenvalue weighted by Gasteiger charge is -2.37. The van der Waals surface area contributed by atoms with E-state index in [1.54, 1.807) is 4.90 Å². The molecule has 1 aliphatic carbocycles. The summed E-state index contributed by atoms with van der Waals surface area (Å²) >= 11 is 0.693. The summed E-state index contributed by atoms with van der Waals surface area (Å²) < 4.78 is 70.3. The molecule has 0 bridgehead atoms. The predicted molar refractivity (Wildman–Crippen MR) is 131 cm³/mol. The van der Waals surface area contributed by atoms with Gasteiger partial charge in [0.05, 0.1) is 17.4 Å². The van der Waals surface area contributed by atoms with Gasteiger partial charge in [0.2, 0.25) is 15.9 Å². The van der Waals surface area contributed by atoms with E-state index >= 15 is 0 Å². The molecular formula is C22H26F3N7O3S2. The first kappa shape index (κ1) is 25.9. The standard InChI is InChI=1S/C22H26F3N7O3S2/c1-13(2)21(33)31-7-5-30(6-8-31)15-9-14(37(34,35)29-22(12-23)3-4-22)11-32-16(10-26-18(15)32)19-27-28-20(36-19)17(24)25/h9-11,13,17,29H,3-8,12H2,1-2H3. The van der Waals surface area contributed by atoms with Crippen LogP contribution in [0.4, 0.5) is 18.9 Å². The van der Waals surface area contributed by atoms with E-state index < -0.39 is 33.7 Å². The van der Waals surface area contributed by atoms with Gasteiger partial charge >= 0.3 is 0 Å². The van der Waals surface area contributed by atoms with Gasteiger partial charge in [-0.1, -0.05) is 25.2 Å². The molecule has 37 heavy (non-hydrogen) atoms. The first-order valence-corrected chi connectivity index (χ1v) is 14.1. The zero-order valence-electron chi connectivity index (χ0n) is 20.2. The van der Waals surface area contributed by atoms with E-state index in [0.29, 0.717) is 67.4 Å². The van der Waals surface area contributed by atoms with Crippen molar-refractivity contribution in [3.8, 4) is 10.7 Å². The third kappa shape index (κ3) is 4.91. The van der Waals surface area contributed by atoms with Gasteiger partial charge in [-0.2, -0.15) is 0 Å². The van der Waals surface area contributed by atoms with E-state index in [4.69, 9.17) is 0 Å². The van der Waals surface area contributed by atoms with E-state index in [1.165, 1.54) is 22.9 Å². The molecule has 2 fully saturated rings. The molecule has 3 aromatic rings. The van der Waals surface area contributed by atoms with E-state index in [2.05, 4.69) is 19.9 Å². The number of halogens is 3. The van der Waals surface area contributed by atoms with Crippen LogP contribution in [0.2, 0.25) is 0 Å². The average molecular weight is 558 g/mol. The monoisotopic (exact) mass is 557 g/mol. The number of alkyl halides is 3. The maximum absolute atomic E-state index is 13.5. The van der Waals surface area contributed by atoms with Gasteiger partial charge in [0, 0.05) is 38.3 Å². The van der Waals surface area contributed by atoms with Gasteiger partial charge in [0.15, 0.2) is 15.7 Å². The zero-order valence-corrected chi connectivity index (χ0v) is 21.8. The number of nitrogens with one attached hydrogen (secondary N) is 1. The summed E-state index contributed by atoms with van der Waals surface area (Å²) in [5.41, 5.74) is 0.102. The molecule has 1 saturated heterocycles. The van der Waals surface area contributed by atoms with Gasteiger partial charge in [-0.3, -0.25) is 9.20 Å². The lowest BCUT2D eigenvalue weighted by atomic mass is 10.1. The molecule has 0 unspecified atom stereocenters. The van der Waals surface area contributed by atoms with Crippen molar-refractivity contribution >= 4 is 38.6 Å². The molecule has 15 heteroatoms. The van der Waals surface area contributed by atoms with Gasteiger partial charge in [0.1, 0.15) is 17.3 Å². The molecule has 4 heterocycles. The highest BCUT2D eigenvalue weighted by molar-refractivity contribution is 7.89. The molecular weight excluding hydrogens is 531 g/mol. The maximum atomic E-state index is 13.5. The number of anilines is 1. The summed E-state index contributed by atoms with van der Waals surface area (Å²) in [5, 5.41) is 7.07. The first-order valence-electron chi connectivity index (χ1n) is 11.8. The minimum absolute atomic E-state index is 0.0421. The smallest absolute Gasteiger partial charge is 0.291 e. The largest absolute Gasteiger partial charge is 0.365 e. The number of carbonyl (C=O) groups is 1. The van der Waals surface area contributed by atoms with Crippen LogP contribution in [-0.2, 0) is 14.8 Å². The Bertz CT molecular complexity index is 1430. The Morgan fingerprint density at radius 1 is 1.19 bits per heavy atom. The maximum Gasteiger partial charge on any atom is 0.291 e. The van der Waals surface area contributed by atoms with Gasteiger partial charge in [-0.15, -0.1) is 10.2 Å². The Balaban J connectivity index is 1.57. The van der Waals surface area contributed by atoms with Crippen LogP contribution in [0, 0.1) is 5.92 Å². The number of aromatic nitrogens is 4. The second-order valence-corrected chi connectivity index (χ2v) is 12.3. The number of hydrogen-bond acceptors (Lipinski definition) is 8. The minimum Gasteiger partial charge on any atom is -0.365 e. The van der Waals surface area contributed by atoms with Crippen LogP contribution in [0.15, 0.2) is 23.4 Å². The molecule has 1 aliphatic heterocycles. The molecule has 0 radical (unpaired) electrons. The van der Waals surface area contributed by atoms with Crippen LogP contribution in [0.1, 0.15) is 38.1 Å². The molecule has 1 N–H and O–H groups in total. The quantitative estimate of drug-likeness (QED) is 0.453. The highest BCUT2D eigenvalue weighted by atomic mass is 32.2. The van der Waals surface area contributed by atoms with Gasteiger partial charge in [-0.05, 0) is 18.9 Å². The van der Waals surface area contributed by atoms with Crippen molar-refractivity contribution in [2.45, 2.75) is 43.5 Å². The van der Waals surface area contributed by atoms with Crippen molar-refractivity contribution in [3.05, 3.63) is 23.5 Å². The molecule has 200 valence electrons. The normalized spacial score (nSPS) is 17.8. The Kier molecular flexibility index (Phi) is 6.64. The highest BCUT2D eigenvalue weighted by Crippen LogP contribution is 2.38. The Hall–Kier alpha value is -2.78. The van der Waals surface area contributed by atoms with Crippen molar-refractivity contribution in [1.82, 2.24) is 29.2 Å². The predicted octanol–water partition coefficient (Wildman–Crippen LogP) is 2.88. The SMILES string of the molecule is CC(C)C(=O)N1CCN(c2cc(S(=O)(=O)NC3(CF)CC3)cn3c(-c4nnc(C(F)F)s4)cnc23)CC1. The number of fused-ring (bicyclic) bond motifs is 1. The lowest BCUT2D eigenvalue weighted by molar-refractivity contribution is -0.134. The number of nitrogens with zero attached hydrogens (tertiary/aromatic N) is 6. The number of hydrogen-bond donors (Lipinski definition) is 1. The Labute approximate surface area is 215 Å². The Morgan fingerprint density at radius 2 is 1.89 bits per heavy atom. The molecule has 3 aromatic heterocycles. The summed E-state index contributed by atoms with van der Waals surface area (Å²) in [6, 6.07) is 1.48. The topological polar surface area (TPSA) is 113 Å². The van der Waals surface area contributed by atoms with Crippen molar-refractivity contribution in [1.29, 1.82) is 0 Å². The second-order valence-electron chi connectivity index (χ2n) is 9.63. The summed E-state index contributed by atoms with van der Waals surface area (Å²) in [5.74, 6) is -0.0941. The van der Waals surface area contributed by atoms with Crippen LogP contribution in [-0.4, -0.2) is 77.2 Å². The molecule has 5 rings (SSSR count). The van der Waals surface area contributed by atoms with Crippen molar-refractivity contribution in [3.63, 3.8) is 0 Å². The number of amides is 1.